The van der Waals surface area contributed by atoms with Crippen molar-refractivity contribution >= 4 is 24.8 Å². The standard InChI is InChI=1S/C37H46BN5O6/c1-22(2)16-32(38-48-31-20-25-19-27(33(31)49-38)37(25,3)4)43-35(46)29(17-23-8-6-5-7-9-23)41-34(45)28(18-24-10-12-26(44)13-11-24)42-36(47)30-21-39-14-15-40-30/h5-15,21-22,25,27-29,31-33,44H,16-20H2,1-4H3,(H,41,45)(H,42,47)(H,43,46)/t25-,27+,28+,29+,31-,32-,33+/m1/s1. The summed E-state index contributed by atoms with van der Waals surface area (Å²) in [5.41, 5.74) is 1.85. The lowest BCUT2D eigenvalue weighted by atomic mass is 9.47. The van der Waals surface area contributed by atoms with E-state index in [-0.39, 0.29) is 53.7 Å². The lowest BCUT2D eigenvalue weighted by Crippen LogP contribution is -2.59. The van der Waals surface area contributed by atoms with Crippen molar-refractivity contribution in [1.82, 2.24) is 25.9 Å². The summed E-state index contributed by atoms with van der Waals surface area (Å²) in [5.74, 6) is -0.513. The summed E-state index contributed by atoms with van der Waals surface area (Å²) in [7, 11) is -0.585. The third kappa shape index (κ3) is 7.97. The van der Waals surface area contributed by atoms with E-state index in [4.69, 9.17) is 9.31 Å². The smallest absolute Gasteiger partial charge is 0.481 e. The number of carbonyl (C=O) groups is 3. The van der Waals surface area contributed by atoms with Crippen LogP contribution in [-0.2, 0) is 31.7 Å². The highest BCUT2D eigenvalue weighted by Gasteiger charge is 2.62. The Labute approximate surface area is 288 Å². The maximum Gasteiger partial charge on any atom is 0.481 e. The van der Waals surface area contributed by atoms with Gasteiger partial charge in [-0.15, -0.1) is 0 Å². The molecule has 7 rings (SSSR count). The number of hydrogen-bond donors (Lipinski definition) is 4. The van der Waals surface area contributed by atoms with E-state index in [1.165, 1.54) is 30.7 Å². The van der Waals surface area contributed by atoms with Crippen LogP contribution in [-0.4, -0.2) is 70.1 Å². The maximum absolute atomic E-state index is 14.2. The van der Waals surface area contributed by atoms with Gasteiger partial charge in [0.2, 0.25) is 11.8 Å². The zero-order valence-corrected chi connectivity index (χ0v) is 28.5. The number of aromatic hydroxyl groups is 1. The third-order valence-corrected chi connectivity index (χ3v) is 10.5. The first kappa shape index (κ1) is 34.6. The van der Waals surface area contributed by atoms with Crippen LogP contribution in [0.15, 0.2) is 73.2 Å². The summed E-state index contributed by atoms with van der Waals surface area (Å²) < 4.78 is 13.1. The lowest BCUT2D eigenvalue weighted by Gasteiger charge is -2.60. The minimum atomic E-state index is -1.06. The zero-order chi connectivity index (χ0) is 34.7. The Morgan fingerprint density at radius 3 is 2.22 bits per heavy atom. The van der Waals surface area contributed by atoms with E-state index in [2.05, 4.69) is 53.6 Å². The highest BCUT2D eigenvalue weighted by atomic mass is 16.7. The number of amides is 3. The number of rotatable bonds is 13. The van der Waals surface area contributed by atoms with Gasteiger partial charge in [0.1, 0.15) is 23.5 Å². The van der Waals surface area contributed by atoms with E-state index < -0.39 is 37.0 Å². The molecule has 3 amide bonds. The van der Waals surface area contributed by atoms with E-state index in [0.717, 1.165) is 18.4 Å². The van der Waals surface area contributed by atoms with Gasteiger partial charge >= 0.3 is 7.12 Å². The van der Waals surface area contributed by atoms with Crippen molar-refractivity contribution < 1.29 is 28.8 Å². The molecule has 2 aromatic carbocycles. The van der Waals surface area contributed by atoms with Crippen LogP contribution in [0.1, 0.15) is 68.6 Å². The lowest BCUT2D eigenvalue weighted by molar-refractivity contribution is -0.150. The molecule has 0 radical (unpaired) electrons. The van der Waals surface area contributed by atoms with Crippen molar-refractivity contribution in [3.63, 3.8) is 0 Å². The Morgan fingerprint density at radius 2 is 1.57 bits per heavy atom. The van der Waals surface area contributed by atoms with Crippen molar-refractivity contribution in [2.24, 2.45) is 23.2 Å². The molecule has 11 nitrogen and oxygen atoms in total. The van der Waals surface area contributed by atoms with E-state index >= 15 is 0 Å². The molecular weight excluding hydrogens is 621 g/mol. The summed E-state index contributed by atoms with van der Waals surface area (Å²) in [6.45, 7) is 8.82. The fraction of sp³-hybridized carbons (Fsp3) is 0.486. The molecule has 4 aliphatic rings. The summed E-state index contributed by atoms with van der Waals surface area (Å²) in [4.78, 5) is 49.4. The van der Waals surface area contributed by atoms with Crippen LogP contribution in [0.25, 0.3) is 0 Å². The molecular formula is C37H46BN5O6. The number of nitrogens with zero attached hydrogens (tertiary/aromatic N) is 2. The maximum atomic E-state index is 14.2. The largest absolute Gasteiger partial charge is 0.508 e. The fourth-order valence-corrected chi connectivity index (χ4v) is 7.64. The van der Waals surface area contributed by atoms with Crippen molar-refractivity contribution in [3.05, 3.63) is 90.0 Å². The molecule has 2 bridgehead atoms. The van der Waals surface area contributed by atoms with Gasteiger partial charge in [-0.25, -0.2) is 4.98 Å². The minimum absolute atomic E-state index is 0.00922. The van der Waals surface area contributed by atoms with Gasteiger partial charge in [-0.1, -0.05) is 70.2 Å². The summed E-state index contributed by atoms with van der Waals surface area (Å²) in [6.07, 6.45) is 7.28. The highest BCUT2D eigenvalue weighted by Crippen LogP contribution is 2.61. The molecule has 4 fully saturated rings. The van der Waals surface area contributed by atoms with Gasteiger partial charge in [-0.3, -0.25) is 19.4 Å². The average molecular weight is 668 g/mol. The second kappa shape index (κ2) is 14.7. The van der Waals surface area contributed by atoms with E-state index in [1.807, 2.05) is 30.3 Å². The Hall–Kier alpha value is -4.29. The second-order valence-corrected chi connectivity index (χ2v) is 14.7. The number of hydrogen-bond acceptors (Lipinski definition) is 8. The van der Waals surface area contributed by atoms with Crippen molar-refractivity contribution in [1.29, 1.82) is 0 Å². The summed E-state index contributed by atoms with van der Waals surface area (Å²) in [5, 5.41) is 18.7. The van der Waals surface area contributed by atoms with Gasteiger partial charge < -0.3 is 30.4 Å². The minimum Gasteiger partial charge on any atom is -0.508 e. The van der Waals surface area contributed by atoms with Gasteiger partial charge in [-0.2, -0.15) is 0 Å². The number of nitrogens with one attached hydrogen (secondary N) is 3. The molecule has 0 spiro atoms. The van der Waals surface area contributed by atoms with Crippen LogP contribution in [0.3, 0.4) is 0 Å². The second-order valence-electron chi connectivity index (χ2n) is 14.7. The van der Waals surface area contributed by atoms with Gasteiger partial charge in [0.25, 0.3) is 5.91 Å². The number of carbonyl (C=O) groups excluding carboxylic acids is 3. The van der Waals surface area contributed by atoms with Gasteiger partial charge in [-0.05, 0) is 65.7 Å². The van der Waals surface area contributed by atoms with Crippen molar-refractivity contribution in [2.45, 2.75) is 90.0 Å². The molecule has 4 N–H and O–H groups in total. The molecule has 2 heterocycles. The number of benzene rings is 2. The first-order chi connectivity index (χ1) is 23.5. The third-order valence-electron chi connectivity index (χ3n) is 10.5. The first-order valence-corrected chi connectivity index (χ1v) is 17.3. The number of aromatic nitrogens is 2. The fourth-order valence-electron chi connectivity index (χ4n) is 7.64. The van der Waals surface area contributed by atoms with Crippen LogP contribution >= 0.6 is 0 Å². The molecule has 258 valence electrons. The van der Waals surface area contributed by atoms with E-state index in [0.29, 0.717) is 23.8 Å². The number of phenolic OH excluding ortho intramolecular Hbond substituents is 1. The van der Waals surface area contributed by atoms with Gasteiger partial charge in [0.05, 0.1) is 24.3 Å². The molecule has 49 heavy (non-hydrogen) atoms. The van der Waals surface area contributed by atoms with E-state index in [9.17, 15) is 19.5 Å². The van der Waals surface area contributed by atoms with Crippen molar-refractivity contribution in [3.8, 4) is 5.75 Å². The molecule has 7 atom stereocenters. The molecule has 1 saturated heterocycles. The Morgan fingerprint density at radius 1 is 0.898 bits per heavy atom. The topological polar surface area (TPSA) is 152 Å². The van der Waals surface area contributed by atoms with Crippen LogP contribution < -0.4 is 16.0 Å². The van der Waals surface area contributed by atoms with Crippen molar-refractivity contribution in [2.75, 3.05) is 0 Å². The number of phenols is 1. The van der Waals surface area contributed by atoms with Gasteiger partial charge in [0, 0.05) is 25.2 Å². The van der Waals surface area contributed by atoms with Crippen LogP contribution in [0.5, 0.6) is 5.75 Å². The molecule has 0 unspecified atom stereocenters. The predicted octanol–water partition coefficient (Wildman–Crippen LogP) is 3.66. The monoisotopic (exact) mass is 667 g/mol. The quantitative estimate of drug-likeness (QED) is 0.202. The first-order valence-electron chi connectivity index (χ1n) is 17.3. The SMILES string of the molecule is CC(C)C[C@@H](NC(=O)[C@H](Cc1ccccc1)NC(=O)[C@H](Cc1ccc(O)cc1)NC(=O)c1cnccn1)B1O[C@@H]2[C@@H](C[C@H]3C[C@@H]2C3(C)C)O1. The summed E-state index contributed by atoms with van der Waals surface area (Å²) in [6, 6.07) is 13.8. The summed E-state index contributed by atoms with van der Waals surface area (Å²) >= 11 is 0. The molecule has 1 aromatic heterocycles. The van der Waals surface area contributed by atoms with Crippen LogP contribution in [0, 0.1) is 23.2 Å². The molecule has 3 aliphatic carbocycles. The highest BCUT2D eigenvalue weighted by molar-refractivity contribution is 6.47. The normalized spacial score (nSPS) is 23.8. The Balaban J connectivity index is 1.21. The molecule has 1 aliphatic heterocycles. The Kier molecular flexibility index (Phi) is 10.4. The predicted molar refractivity (Wildman–Crippen MR) is 184 cm³/mol. The zero-order valence-electron chi connectivity index (χ0n) is 28.5. The Bertz CT molecular complexity index is 1610. The van der Waals surface area contributed by atoms with Gasteiger partial charge in [0.15, 0.2) is 0 Å². The molecule has 12 heteroatoms. The van der Waals surface area contributed by atoms with Crippen LogP contribution in [0.4, 0.5) is 0 Å². The average Bonchev–Trinajstić information content (AvgIpc) is 3.53. The molecule has 3 aromatic rings. The molecule has 3 saturated carbocycles. The van der Waals surface area contributed by atoms with Crippen LogP contribution in [0.2, 0.25) is 0 Å². The van der Waals surface area contributed by atoms with E-state index in [1.54, 1.807) is 12.1 Å².